The number of amides is 3. The number of nitrogens with zero attached hydrogens (tertiary/aromatic N) is 1. The van der Waals surface area contributed by atoms with Gasteiger partial charge in [0.1, 0.15) is 11.7 Å². The molecule has 3 amide bonds. The second-order valence-corrected chi connectivity index (χ2v) is 7.40. The van der Waals surface area contributed by atoms with E-state index in [1.165, 1.54) is 32.1 Å². The van der Waals surface area contributed by atoms with Gasteiger partial charge in [0, 0.05) is 20.0 Å². The van der Waals surface area contributed by atoms with Gasteiger partial charge < -0.3 is 29.7 Å². The Hall–Kier alpha value is -3.56. The molecule has 0 aromatic heterocycles. The quantitative estimate of drug-likeness (QED) is 0.447. The highest BCUT2D eigenvalue weighted by atomic mass is 16.5. The van der Waals surface area contributed by atoms with Gasteiger partial charge in [0.2, 0.25) is 11.8 Å². The fraction of sp³-hybridized carbons (Fsp3) is 0.455. The van der Waals surface area contributed by atoms with Crippen LogP contribution >= 0.6 is 0 Å². The highest BCUT2D eigenvalue weighted by Gasteiger charge is 2.36. The van der Waals surface area contributed by atoms with Crippen LogP contribution < -0.4 is 20.1 Å². The Labute approximate surface area is 186 Å². The third kappa shape index (κ3) is 6.47. The Morgan fingerprint density at radius 3 is 2.50 bits per heavy atom. The molecule has 0 aliphatic carbocycles. The maximum atomic E-state index is 13.3. The second kappa shape index (κ2) is 11.2. The van der Waals surface area contributed by atoms with Gasteiger partial charge in [-0.2, -0.15) is 0 Å². The Morgan fingerprint density at radius 1 is 1.22 bits per heavy atom. The first-order chi connectivity index (χ1) is 15.2. The summed E-state index contributed by atoms with van der Waals surface area (Å²) in [6.07, 6.45) is 0.833. The summed E-state index contributed by atoms with van der Waals surface area (Å²) in [5.41, 5.74) is 0.527. The lowest BCUT2D eigenvalue weighted by molar-refractivity contribution is -0.153. The minimum atomic E-state index is -1.05. The number of hydrogen-bond donors (Lipinski definition) is 2. The normalized spacial score (nSPS) is 16.3. The van der Waals surface area contributed by atoms with Gasteiger partial charge in [-0.15, -0.1) is 0 Å². The summed E-state index contributed by atoms with van der Waals surface area (Å²) in [7, 11) is 2.99. The van der Waals surface area contributed by atoms with Gasteiger partial charge in [-0.1, -0.05) is 6.07 Å². The molecule has 1 aliphatic rings. The fourth-order valence-electron chi connectivity index (χ4n) is 3.23. The van der Waals surface area contributed by atoms with E-state index in [1.54, 1.807) is 32.0 Å². The molecule has 0 spiro atoms. The third-order valence-corrected chi connectivity index (χ3v) is 4.58. The highest BCUT2D eigenvalue weighted by Crippen LogP contribution is 2.28. The molecule has 1 aliphatic heterocycles. The summed E-state index contributed by atoms with van der Waals surface area (Å²) >= 11 is 0. The van der Waals surface area contributed by atoms with Crippen LogP contribution in [0.1, 0.15) is 32.8 Å². The summed E-state index contributed by atoms with van der Waals surface area (Å²) in [5, 5.41) is 5.18. The molecule has 32 heavy (non-hydrogen) atoms. The standard InChI is InChI=1S/C22H29N3O7/c1-13(2)32-20(27)12-17-21(28)23-8-9-25(17)22(29)16(24-14(3)26)10-15-6-7-18(30-4)19(11-15)31-5/h6-7,10-11,13,17H,8-9,12H2,1-5H3,(H,23,28)(H,24,26). The van der Waals surface area contributed by atoms with Gasteiger partial charge in [-0.3, -0.25) is 19.2 Å². The number of esters is 1. The fourth-order valence-corrected chi connectivity index (χ4v) is 3.23. The number of rotatable bonds is 8. The van der Waals surface area contributed by atoms with Gasteiger partial charge >= 0.3 is 5.97 Å². The van der Waals surface area contributed by atoms with Crippen molar-refractivity contribution in [3.63, 3.8) is 0 Å². The Kier molecular flexibility index (Phi) is 8.62. The van der Waals surface area contributed by atoms with Gasteiger partial charge in [0.05, 0.1) is 26.7 Å². The van der Waals surface area contributed by atoms with Crippen LogP contribution in [0, 0.1) is 0 Å². The molecule has 0 saturated carbocycles. The summed E-state index contributed by atoms with van der Waals surface area (Å²) in [6, 6.07) is 3.95. The van der Waals surface area contributed by atoms with Crippen LogP contribution in [0.25, 0.3) is 6.08 Å². The molecule has 174 valence electrons. The van der Waals surface area contributed by atoms with Crippen molar-refractivity contribution in [3.8, 4) is 11.5 Å². The van der Waals surface area contributed by atoms with Crippen molar-refractivity contribution in [1.29, 1.82) is 0 Å². The van der Waals surface area contributed by atoms with E-state index in [9.17, 15) is 19.2 Å². The molecule has 2 N–H and O–H groups in total. The maximum absolute atomic E-state index is 13.3. The minimum Gasteiger partial charge on any atom is -0.493 e. The lowest BCUT2D eigenvalue weighted by atomic mass is 10.1. The monoisotopic (exact) mass is 447 g/mol. The maximum Gasteiger partial charge on any atom is 0.308 e. The second-order valence-electron chi connectivity index (χ2n) is 7.40. The number of nitrogens with one attached hydrogen (secondary N) is 2. The Bertz CT molecular complexity index is 911. The van der Waals surface area contributed by atoms with Crippen LogP contribution in [0.4, 0.5) is 0 Å². The largest absolute Gasteiger partial charge is 0.493 e. The van der Waals surface area contributed by atoms with Crippen molar-refractivity contribution in [2.24, 2.45) is 0 Å². The number of methoxy groups -OCH3 is 2. The van der Waals surface area contributed by atoms with E-state index in [0.717, 1.165) is 0 Å². The van der Waals surface area contributed by atoms with E-state index in [2.05, 4.69) is 10.6 Å². The first kappa shape index (κ1) is 24.7. The topological polar surface area (TPSA) is 123 Å². The molecular formula is C22H29N3O7. The summed E-state index contributed by atoms with van der Waals surface area (Å²) in [6.45, 7) is 5.07. The molecule has 1 aromatic rings. The molecule has 1 aromatic carbocycles. The predicted molar refractivity (Wildman–Crippen MR) is 116 cm³/mol. The van der Waals surface area contributed by atoms with Crippen molar-refractivity contribution in [2.45, 2.75) is 39.3 Å². The molecule has 1 heterocycles. The molecule has 10 nitrogen and oxygen atoms in total. The zero-order chi connectivity index (χ0) is 23.8. The van der Waals surface area contributed by atoms with Crippen LogP contribution in [0.2, 0.25) is 0 Å². The average molecular weight is 447 g/mol. The lowest BCUT2D eigenvalue weighted by Crippen LogP contribution is -2.59. The van der Waals surface area contributed by atoms with Crippen LogP contribution in [0.15, 0.2) is 23.9 Å². The molecule has 1 fully saturated rings. The van der Waals surface area contributed by atoms with E-state index in [4.69, 9.17) is 14.2 Å². The van der Waals surface area contributed by atoms with Crippen LogP contribution in [-0.2, 0) is 23.9 Å². The molecule has 10 heteroatoms. The van der Waals surface area contributed by atoms with Gasteiger partial charge in [0.15, 0.2) is 11.5 Å². The van der Waals surface area contributed by atoms with E-state index in [1.807, 2.05) is 0 Å². The zero-order valence-corrected chi connectivity index (χ0v) is 18.9. The number of carbonyl (C=O) groups is 4. The highest BCUT2D eigenvalue weighted by molar-refractivity contribution is 6.03. The van der Waals surface area contributed by atoms with Crippen LogP contribution in [0.3, 0.4) is 0 Å². The number of ether oxygens (including phenoxy) is 3. The summed E-state index contributed by atoms with van der Waals surface area (Å²) in [5.74, 6) is -1.14. The molecule has 2 rings (SSSR count). The van der Waals surface area contributed by atoms with Crippen molar-refractivity contribution in [1.82, 2.24) is 15.5 Å². The van der Waals surface area contributed by atoms with Gasteiger partial charge in [-0.05, 0) is 37.6 Å². The minimum absolute atomic E-state index is 0.0401. The Morgan fingerprint density at radius 2 is 1.91 bits per heavy atom. The van der Waals surface area contributed by atoms with Crippen LogP contribution in [-0.4, -0.2) is 68.0 Å². The summed E-state index contributed by atoms with van der Waals surface area (Å²) in [4.78, 5) is 51.0. The molecule has 0 radical (unpaired) electrons. The molecule has 0 bridgehead atoms. The average Bonchev–Trinajstić information content (AvgIpc) is 2.73. The first-order valence-electron chi connectivity index (χ1n) is 10.2. The SMILES string of the molecule is COc1ccc(C=C(NC(C)=O)C(=O)N2CCNC(=O)C2CC(=O)OC(C)C)cc1OC. The van der Waals surface area contributed by atoms with E-state index in [0.29, 0.717) is 17.1 Å². The molecule has 1 atom stereocenters. The van der Waals surface area contributed by atoms with Crippen molar-refractivity contribution >= 4 is 29.8 Å². The van der Waals surface area contributed by atoms with Crippen molar-refractivity contribution in [2.75, 3.05) is 27.3 Å². The van der Waals surface area contributed by atoms with Gasteiger partial charge in [-0.25, -0.2) is 0 Å². The lowest BCUT2D eigenvalue weighted by Gasteiger charge is -2.35. The smallest absolute Gasteiger partial charge is 0.308 e. The zero-order valence-electron chi connectivity index (χ0n) is 18.9. The molecule has 1 saturated heterocycles. The molecule has 1 unspecified atom stereocenters. The number of hydrogen-bond acceptors (Lipinski definition) is 7. The van der Waals surface area contributed by atoms with E-state index < -0.39 is 29.7 Å². The summed E-state index contributed by atoms with van der Waals surface area (Å²) < 4.78 is 15.6. The van der Waals surface area contributed by atoms with Crippen molar-refractivity contribution in [3.05, 3.63) is 29.5 Å². The van der Waals surface area contributed by atoms with Crippen molar-refractivity contribution < 1.29 is 33.4 Å². The van der Waals surface area contributed by atoms with E-state index in [-0.39, 0.29) is 31.3 Å². The first-order valence-corrected chi connectivity index (χ1v) is 10.2. The Balaban J connectivity index is 2.37. The number of piperazine rings is 1. The number of carbonyl (C=O) groups excluding carboxylic acids is 4. The van der Waals surface area contributed by atoms with E-state index >= 15 is 0 Å². The molecular weight excluding hydrogens is 418 g/mol. The third-order valence-electron chi connectivity index (χ3n) is 4.58. The number of benzene rings is 1. The van der Waals surface area contributed by atoms with Crippen LogP contribution in [0.5, 0.6) is 11.5 Å². The predicted octanol–water partition coefficient (Wildman–Crippen LogP) is 0.850. The van der Waals surface area contributed by atoms with Gasteiger partial charge in [0.25, 0.3) is 5.91 Å².